The molecule has 0 radical (unpaired) electrons. The molecular formula is C10H9F3N4O. The second-order valence-electron chi connectivity index (χ2n) is 3.67. The van der Waals surface area contributed by atoms with Crippen LogP contribution in [0, 0.1) is 6.92 Å². The summed E-state index contributed by atoms with van der Waals surface area (Å²) in [6.07, 6.45) is -3.41. The first-order chi connectivity index (χ1) is 8.32. The van der Waals surface area contributed by atoms with Crippen LogP contribution >= 0.6 is 0 Å². The second kappa shape index (κ2) is 3.97. The Balaban J connectivity index is 2.72. The molecule has 8 heteroatoms. The lowest BCUT2D eigenvalue weighted by molar-refractivity contribution is -0.137. The largest absolute Gasteiger partial charge is 0.420 e. The van der Waals surface area contributed by atoms with Gasteiger partial charge in [-0.1, -0.05) is 0 Å². The van der Waals surface area contributed by atoms with Crippen LogP contribution < -0.4 is 5.69 Å². The van der Waals surface area contributed by atoms with Crippen molar-refractivity contribution < 1.29 is 13.2 Å². The Kier molecular flexibility index (Phi) is 2.72. The van der Waals surface area contributed by atoms with E-state index in [9.17, 15) is 18.0 Å². The SMILES string of the molecule is Cc1nn(-c2ncccc2C(F)(F)F)c(=O)n1C. The van der Waals surface area contributed by atoms with Crippen molar-refractivity contribution in [3.05, 3.63) is 40.2 Å². The van der Waals surface area contributed by atoms with Crippen molar-refractivity contribution in [1.29, 1.82) is 0 Å². The topological polar surface area (TPSA) is 52.7 Å². The molecule has 96 valence electrons. The molecule has 0 aliphatic rings. The van der Waals surface area contributed by atoms with E-state index >= 15 is 0 Å². The van der Waals surface area contributed by atoms with E-state index in [2.05, 4.69) is 10.1 Å². The number of nitrogens with zero attached hydrogens (tertiary/aromatic N) is 4. The molecule has 0 fully saturated rings. The summed E-state index contributed by atoms with van der Waals surface area (Å²) in [6, 6.07) is 2.02. The number of halogens is 3. The molecule has 0 N–H and O–H groups in total. The van der Waals surface area contributed by atoms with Crippen molar-refractivity contribution in [3.8, 4) is 5.82 Å². The molecule has 0 unspecified atom stereocenters. The molecule has 0 spiro atoms. The maximum absolute atomic E-state index is 12.8. The van der Waals surface area contributed by atoms with Crippen LogP contribution in [-0.4, -0.2) is 19.3 Å². The van der Waals surface area contributed by atoms with E-state index in [0.29, 0.717) is 10.5 Å². The molecular weight excluding hydrogens is 249 g/mol. The molecule has 0 aliphatic carbocycles. The number of rotatable bonds is 1. The van der Waals surface area contributed by atoms with Crippen molar-refractivity contribution in [1.82, 2.24) is 19.3 Å². The number of hydrogen-bond donors (Lipinski definition) is 0. The smallest absolute Gasteiger partial charge is 0.282 e. The quantitative estimate of drug-likeness (QED) is 0.774. The second-order valence-corrected chi connectivity index (χ2v) is 3.67. The van der Waals surface area contributed by atoms with Crippen LogP contribution in [0.5, 0.6) is 0 Å². The van der Waals surface area contributed by atoms with Gasteiger partial charge in [0.1, 0.15) is 11.4 Å². The van der Waals surface area contributed by atoms with E-state index in [4.69, 9.17) is 0 Å². The molecule has 0 atom stereocenters. The first-order valence-corrected chi connectivity index (χ1v) is 4.97. The van der Waals surface area contributed by atoms with Gasteiger partial charge in [-0.25, -0.2) is 9.78 Å². The van der Waals surface area contributed by atoms with Gasteiger partial charge in [0.05, 0.1) is 0 Å². The maximum atomic E-state index is 12.8. The third kappa shape index (κ3) is 1.89. The molecule has 0 amide bonds. The summed E-state index contributed by atoms with van der Waals surface area (Å²) in [5, 5.41) is 3.76. The van der Waals surface area contributed by atoms with Gasteiger partial charge in [-0.15, -0.1) is 5.10 Å². The number of hydrogen-bond acceptors (Lipinski definition) is 3. The Morgan fingerprint density at radius 3 is 2.50 bits per heavy atom. The minimum Gasteiger partial charge on any atom is -0.282 e. The monoisotopic (exact) mass is 258 g/mol. The van der Waals surface area contributed by atoms with E-state index < -0.39 is 23.2 Å². The van der Waals surface area contributed by atoms with Crippen molar-refractivity contribution >= 4 is 0 Å². The summed E-state index contributed by atoms with van der Waals surface area (Å²) in [4.78, 5) is 15.3. The average Bonchev–Trinajstić information content (AvgIpc) is 2.56. The number of alkyl halides is 3. The summed E-state index contributed by atoms with van der Waals surface area (Å²) < 4.78 is 40.1. The van der Waals surface area contributed by atoms with Gasteiger partial charge in [-0.2, -0.15) is 17.9 Å². The summed E-state index contributed by atoms with van der Waals surface area (Å²) in [7, 11) is 1.43. The van der Waals surface area contributed by atoms with Crippen molar-refractivity contribution in [2.75, 3.05) is 0 Å². The summed E-state index contributed by atoms with van der Waals surface area (Å²) >= 11 is 0. The molecule has 5 nitrogen and oxygen atoms in total. The standard InChI is InChI=1S/C10H9F3N4O/c1-6-15-17(9(18)16(6)2)8-7(10(11,12)13)4-3-5-14-8/h3-5H,1-2H3. The lowest BCUT2D eigenvalue weighted by atomic mass is 10.2. The van der Waals surface area contributed by atoms with E-state index in [1.807, 2.05) is 0 Å². The Morgan fingerprint density at radius 2 is 2.00 bits per heavy atom. The van der Waals surface area contributed by atoms with Crippen LogP contribution in [0.2, 0.25) is 0 Å². The molecule has 0 saturated heterocycles. The third-order valence-corrected chi connectivity index (χ3v) is 2.49. The van der Waals surface area contributed by atoms with Gasteiger partial charge in [0, 0.05) is 13.2 Å². The maximum Gasteiger partial charge on any atom is 0.420 e. The van der Waals surface area contributed by atoms with E-state index in [1.165, 1.54) is 20.2 Å². The van der Waals surface area contributed by atoms with Crippen LogP contribution in [0.4, 0.5) is 13.2 Å². The van der Waals surface area contributed by atoms with Crippen molar-refractivity contribution in [2.45, 2.75) is 13.1 Å². The molecule has 2 heterocycles. The van der Waals surface area contributed by atoms with E-state index in [1.54, 1.807) is 0 Å². The lowest BCUT2D eigenvalue weighted by Crippen LogP contribution is -2.25. The Bertz CT molecular complexity index is 641. The molecule has 0 aliphatic heterocycles. The first-order valence-electron chi connectivity index (χ1n) is 4.97. The van der Waals surface area contributed by atoms with Crippen LogP contribution in [0.3, 0.4) is 0 Å². The molecule has 2 aromatic rings. The molecule has 0 saturated carbocycles. The third-order valence-electron chi connectivity index (χ3n) is 2.49. The number of aromatic nitrogens is 4. The highest BCUT2D eigenvalue weighted by molar-refractivity contribution is 5.34. The summed E-state index contributed by atoms with van der Waals surface area (Å²) in [5.41, 5.74) is -1.66. The molecule has 2 aromatic heterocycles. The molecule has 0 aromatic carbocycles. The molecule has 2 rings (SSSR count). The first kappa shape index (κ1) is 12.3. The van der Waals surface area contributed by atoms with Gasteiger partial charge in [0.2, 0.25) is 0 Å². The minimum atomic E-state index is -4.59. The fourth-order valence-corrected chi connectivity index (χ4v) is 1.46. The number of aryl methyl sites for hydroxylation is 1. The number of pyridine rings is 1. The van der Waals surface area contributed by atoms with Crippen molar-refractivity contribution in [2.24, 2.45) is 7.05 Å². The highest BCUT2D eigenvalue weighted by Gasteiger charge is 2.35. The Morgan fingerprint density at radius 1 is 1.33 bits per heavy atom. The minimum absolute atomic E-state index is 0.304. The fraction of sp³-hybridized carbons (Fsp3) is 0.300. The average molecular weight is 258 g/mol. The van der Waals surface area contributed by atoms with Gasteiger partial charge in [-0.05, 0) is 19.1 Å². The summed E-state index contributed by atoms with van der Waals surface area (Å²) in [5.74, 6) is -0.211. The fourth-order valence-electron chi connectivity index (χ4n) is 1.46. The van der Waals surface area contributed by atoms with E-state index in [0.717, 1.165) is 16.7 Å². The van der Waals surface area contributed by atoms with Gasteiger partial charge >= 0.3 is 11.9 Å². The zero-order chi connectivity index (χ0) is 13.5. The molecule has 0 bridgehead atoms. The van der Waals surface area contributed by atoms with Gasteiger partial charge in [0.15, 0.2) is 5.82 Å². The highest BCUT2D eigenvalue weighted by atomic mass is 19.4. The Hall–Kier alpha value is -2.12. The van der Waals surface area contributed by atoms with Crippen LogP contribution in [0.1, 0.15) is 11.4 Å². The predicted octanol–water partition coefficient (Wildman–Crippen LogP) is 1.29. The van der Waals surface area contributed by atoms with Crippen LogP contribution in [0.15, 0.2) is 23.1 Å². The summed E-state index contributed by atoms with van der Waals surface area (Å²) in [6.45, 7) is 1.52. The van der Waals surface area contributed by atoms with Crippen LogP contribution in [-0.2, 0) is 13.2 Å². The lowest BCUT2D eigenvalue weighted by Gasteiger charge is -2.10. The van der Waals surface area contributed by atoms with E-state index in [-0.39, 0.29) is 0 Å². The Labute approximate surface area is 99.5 Å². The van der Waals surface area contributed by atoms with Crippen LogP contribution in [0.25, 0.3) is 5.82 Å². The van der Waals surface area contributed by atoms with Gasteiger partial charge in [-0.3, -0.25) is 4.57 Å². The predicted molar refractivity (Wildman–Crippen MR) is 56.3 cm³/mol. The zero-order valence-corrected chi connectivity index (χ0v) is 9.56. The van der Waals surface area contributed by atoms with Crippen molar-refractivity contribution in [3.63, 3.8) is 0 Å². The van der Waals surface area contributed by atoms with Gasteiger partial charge in [0.25, 0.3) is 0 Å². The van der Waals surface area contributed by atoms with Gasteiger partial charge < -0.3 is 0 Å². The normalized spacial score (nSPS) is 11.8. The zero-order valence-electron chi connectivity index (χ0n) is 9.56. The molecule has 18 heavy (non-hydrogen) atoms. The highest BCUT2D eigenvalue weighted by Crippen LogP contribution is 2.31.